The number of hydrogen-bond acceptors (Lipinski definition) is 5. The van der Waals surface area contributed by atoms with Crippen LogP contribution in [0.25, 0.3) is 0 Å². The number of aromatic nitrogens is 2. The van der Waals surface area contributed by atoms with Gasteiger partial charge in [0.1, 0.15) is 18.2 Å². The zero-order chi connectivity index (χ0) is 14.3. The van der Waals surface area contributed by atoms with Crippen LogP contribution in [0.15, 0.2) is 6.07 Å². The van der Waals surface area contributed by atoms with E-state index < -0.39 is 0 Å². The predicted octanol–water partition coefficient (Wildman–Crippen LogP) is 2.83. The molecule has 0 spiro atoms. The minimum atomic E-state index is 0.365. The number of nitrogen functional groups attached to an aromatic ring is 1. The van der Waals surface area contributed by atoms with Crippen molar-refractivity contribution in [3.05, 3.63) is 11.9 Å². The topological polar surface area (TPSA) is 73.1 Å². The zero-order valence-corrected chi connectivity index (χ0v) is 12.4. The van der Waals surface area contributed by atoms with E-state index in [2.05, 4.69) is 36.1 Å². The highest BCUT2D eigenvalue weighted by Gasteiger charge is 2.09. The van der Waals surface area contributed by atoms with E-state index in [1.54, 1.807) is 6.07 Å². The van der Waals surface area contributed by atoms with Gasteiger partial charge in [0, 0.05) is 18.7 Å². The maximum Gasteiger partial charge on any atom is 0.158 e. The molecular formula is C14H26N4O. The molecule has 0 saturated heterocycles. The molecule has 1 heterocycles. The van der Waals surface area contributed by atoms with Crippen LogP contribution in [0.2, 0.25) is 0 Å². The first kappa shape index (κ1) is 15.7. The van der Waals surface area contributed by atoms with Crippen LogP contribution in [0, 0.1) is 5.92 Å². The molecule has 0 aliphatic rings. The summed E-state index contributed by atoms with van der Waals surface area (Å²) in [5.41, 5.74) is 5.79. The molecule has 108 valence electrons. The van der Waals surface area contributed by atoms with Crippen molar-refractivity contribution in [3.63, 3.8) is 0 Å². The van der Waals surface area contributed by atoms with Crippen molar-refractivity contribution in [2.75, 3.05) is 17.7 Å². The molecule has 1 rings (SSSR count). The van der Waals surface area contributed by atoms with Gasteiger partial charge in [0.2, 0.25) is 0 Å². The van der Waals surface area contributed by atoms with Gasteiger partial charge in [0.05, 0.1) is 0 Å². The van der Waals surface area contributed by atoms with Crippen LogP contribution in [0.4, 0.5) is 11.6 Å². The largest absolute Gasteiger partial charge is 0.384 e. The Balaban J connectivity index is 2.64. The first-order valence-corrected chi connectivity index (χ1v) is 7.02. The summed E-state index contributed by atoms with van der Waals surface area (Å²) in [4.78, 5) is 8.57. The van der Waals surface area contributed by atoms with Crippen LogP contribution in [0.1, 0.15) is 46.4 Å². The summed E-state index contributed by atoms with van der Waals surface area (Å²) in [7, 11) is 0. The first-order chi connectivity index (χ1) is 9.05. The molecule has 5 heteroatoms. The Bertz CT molecular complexity index is 384. The normalized spacial score (nSPS) is 14.1. The maximum atomic E-state index is 5.79. The summed E-state index contributed by atoms with van der Waals surface area (Å²) >= 11 is 0. The molecule has 1 aromatic rings. The van der Waals surface area contributed by atoms with Crippen LogP contribution in [0.5, 0.6) is 0 Å². The van der Waals surface area contributed by atoms with E-state index >= 15 is 0 Å². The minimum absolute atomic E-state index is 0.365. The molecular weight excluding hydrogens is 240 g/mol. The molecule has 2 unspecified atom stereocenters. The summed E-state index contributed by atoms with van der Waals surface area (Å²) in [5, 5.41) is 3.38. The van der Waals surface area contributed by atoms with E-state index in [0.717, 1.165) is 12.2 Å². The zero-order valence-electron chi connectivity index (χ0n) is 12.4. The van der Waals surface area contributed by atoms with E-state index in [4.69, 9.17) is 10.5 Å². The Kier molecular flexibility index (Phi) is 6.56. The summed E-state index contributed by atoms with van der Waals surface area (Å²) in [6, 6.07) is 2.13. The highest BCUT2D eigenvalue weighted by atomic mass is 16.5. The monoisotopic (exact) mass is 266 g/mol. The van der Waals surface area contributed by atoms with E-state index in [-0.39, 0.29) is 0 Å². The van der Waals surface area contributed by atoms with Crippen LogP contribution in [0.3, 0.4) is 0 Å². The average Bonchev–Trinajstić information content (AvgIpc) is 2.35. The van der Waals surface area contributed by atoms with E-state index in [1.165, 1.54) is 6.42 Å². The Morgan fingerprint density at radius 3 is 2.68 bits per heavy atom. The van der Waals surface area contributed by atoms with Gasteiger partial charge in [0.25, 0.3) is 0 Å². The highest BCUT2D eigenvalue weighted by molar-refractivity contribution is 5.45. The molecule has 5 nitrogen and oxygen atoms in total. The molecule has 1 aromatic heterocycles. The van der Waals surface area contributed by atoms with E-state index in [9.17, 15) is 0 Å². The Morgan fingerprint density at radius 1 is 1.32 bits per heavy atom. The van der Waals surface area contributed by atoms with Gasteiger partial charge in [-0.05, 0) is 26.2 Å². The SMILES string of the molecule is CCOCc1nc(N)cc(NC(C)CC(C)CC)n1. The second-order valence-corrected chi connectivity index (χ2v) is 5.03. The summed E-state index contributed by atoms with van der Waals surface area (Å²) in [6.45, 7) is 9.61. The molecule has 3 N–H and O–H groups in total. The molecule has 0 aromatic carbocycles. The fraction of sp³-hybridized carbons (Fsp3) is 0.714. The van der Waals surface area contributed by atoms with Crippen molar-refractivity contribution in [1.29, 1.82) is 0 Å². The lowest BCUT2D eigenvalue weighted by atomic mass is 10.0. The lowest BCUT2D eigenvalue weighted by molar-refractivity contribution is 0.128. The standard InChI is InChI=1S/C14H26N4O/c1-5-10(3)7-11(4)16-13-8-12(15)17-14(18-13)9-19-6-2/h8,10-11H,5-7,9H2,1-4H3,(H3,15,16,17,18). The second-order valence-electron chi connectivity index (χ2n) is 5.03. The van der Waals surface area contributed by atoms with Gasteiger partial charge in [-0.1, -0.05) is 20.3 Å². The molecule has 0 aliphatic carbocycles. The van der Waals surface area contributed by atoms with Crippen LogP contribution in [-0.4, -0.2) is 22.6 Å². The fourth-order valence-corrected chi connectivity index (χ4v) is 1.93. The molecule has 0 radical (unpaired) electrons. The number of rotatable bonds is 8. The van der Waals surface area contributed by atoms with Gasteiger partial charge >= 0.3 is 0 Å². The van der Waals surface area contributed by atoms with Gasteiger partial charge < -0.3 is 15.8 Å². The number of anilines is 2. The van der Waals surface area contributed by atoms with Gasteiger partial charge in [-0.3, -0.25) is 0 Å². The summed E-state index contributed by atoms with van der Waals surface area (Å²) in [5.74, 6) is 2.57. The Morgan fingerprint density at radius 2 is 2.05 bits per heavy atom. The second kappa shape index (κ2) is 7.94. The van der Waals surface area contributed by atoms with Crippen LogP contribution >= 0.6 is 0 Å². The maximum absolute atomic E-state index is 5.79. The molecule has 19 heavy (non-hydrogen) atoms. The lowest BCUT2D eigenvalue weighted by Crippen LogP contribution is -2.19. The fourth-order valence-electron chi connectivity index (χ4n) is 1.93. The predicted molar refractivity (Wildman–Crippen MR) is 78.9 cm³/mol. The molecule has 0 fully saturated rings. The van der Waals surface area contributed by atoms with Gasteiger partial charge in [-0.25, -0.2) is 9.97 Å². The molecule has 0 saturated carbocycles. The van der Waals surface area contributed by atoms with Crippen molar-refractivity contribution in [2.24, 2.45) is 5.92 Å². The number of nitrogens with one attached hydrogen (secondary N) is 1. The van der Waals surface area contributed by atoms with E-state index in [0.29, 0.717) is 36.8 Å². The number of nitrogens with zero attached hydrogens (tertiary/aromatic N) is 2. The average molecular weight is 266 g/mol. The molecule has 0 amide bonds. The van der Waals surface area contributed by atoms with Crippen molar-refractivity contribution in [1.82, 2.24) is 9.97 Å². The lowest BCUT2D eigenvalue weighted by Gasteiger charge is -2.18. The van der Waals surface area contributed by atoms with Gasteiger partial charge in [-0.2, -0.15) is 0 Å². The number of hydrogen-bond donors (Lipinski definition) is 2. The third-order valence-electron chi connectivity index (χ3n) is 3.07. The van der Waals surface area contributed by atoms with E-state index in [1.807, 2.05) is 6.92 Å². The van der Waals surface area contributed by atoms with Crippen molar-refractivity contribution >= 4 is 11.6 Å². The van der Waals surface area contributed by atoms with Crippen LogP contribution < -0.4 is 11.1 Å². The first-order valence-electron chi connectivity index (χ1n) is 7.02. The Hall–Kier alpha value is -1.36. The summed E-state index contributed by atoms with van der Waals surface area (Å²) in [6.07, 6.45) is 2.30. The smallest absolute Gasteiger partial charge is 0.158 e. The third-order valence-corrected chi connectivity index (χ3v) is 3.07. The Labute approximate surface area is 116 Å². The van der Waals surface area contributed by atoms with Crippen molar-refractivity contribution in [3.8, 4) is 0 Å². The van der Waals surface area contributed by atoms with Crippen molar-refractivity contribution in [2.45, 2.75) is 53.2 Å². The van der Waals surface area contributed by atoms with Crippen LogP contribution in [-0.2, 0) is 11.3 Å². The highest BCUT2D eigenvalue weighted by Crippen LogP contribution is 2.15. The number of nitrogens with two attached hydrogens (primary N) is 1. The molecule has 0 bridgehead atoms. The summed E-state index contributed by atoms with van der Waals surface area (Å²) < 4.78 is 5.31. The number of ether oxygens (including phenoxy) is 1. The minimum Gasteiger partial charge on any atom is -0.384 e. The molecule has 0 aliphatic heterocycles. The van der Waals surface area contributed by atoms with Gasteiger partial charge in [-0.15, -0.1) is 0 Å². The van der Waals surface area contributed by atoms with Gasteiger partial charge in [0.15, 0.2) is 5.82 Å². The molecule has 2 atom stereocenters. The third kappa shape index (κ3) is 5.87. The quantitative estimate of drug-likeness (QED) is 0.757. The van der Waals surface area contributed by atoms with Crippen molar-refractivity contribution < 1.29 is 4.74 Å².